The fourth-order valence-electron chi connectivity index (χ4n) is 2.07. The molecule has 1 aromatic carbocycles. The Morgan fingerprint density at radius 2 is 2.27 bits per heavy atom. The maximum atomic E-state index is 11.6. The van der Waals surface area contributed by atoms with Gasteiger partial charge in [0.25, 0.3) is 5.91 Å². The monoisotopic (exact) mass is 303 g/mol. The topological polar surface area (TPSA) is 93.8 Å². The summed E-state index contributed by atoms with van der Waals surface area (Å²) in [5.74, 6) is -0.0637. The van der Waals surface area contributed by atoms with Gasteiger partial charge >= 0.3 is 5.69 Å². The first-order chi connectivity index (χ1) is 10.7. The molecule has 7 nitrogen and oxygen atoms in total. The lowest BCUT2D eigenvalue weighted by Gasteiger charge is -2.11. The average molecular weight is 303 g/mol. The summed E-state index contributed by atoms with van der Waals surface area (Å²) >= 11 is 0. The van der Waals surface area contributed by atoms with E-state index in [0.717, 1.165) is 19.3 Å². The number of rotatable bonds is 6. The van der Waals surface area contributed by atoms with E-state index in [2.05, 4.69) is 22.7 Å². The van der Waals surface area contributed by atoms with Gasteiger partial charge in [0, 0.05) is 12.3 Å². The van der Waals surface area contributed by atoms with Crippen LogP contribution in [-0.2, 0) is 4.79 Å². The van der Waals surface area contributed by atoms with Crippen LogP contribution < -0.4 is 10.2 Å². The van der Waals surface area contributed by atoms with Gasteiger partial charge in [0.2, 0.25) is 0 Å². The van der Waals surface area contributed by atoms with E-state index in [-0.39, 0.29) is 18.0 Å². The number of nitro groups is 1. The van der Waals surface area contributed by atoms with Crippen molar-refractivity contribution in [3.05, 3.63) is 46.5 Å². The van der Waals surface area contributed by atoms with E-state index in [1.165, 1.54) is 18.2 Å². The molecular weight excluding hydrogens is 286 g/mol. The minimum Gasteiger partial charge on any atom is -0.477 e. The molecule has 0 unspecified atom stereocenters. The highest BCUT2D eigenvalue weighted by Crippen LogP contribution is 2.25. The number of carbonyl (C=O) groups is 1. The van der Waals surface area contributed by atoms with Crippen LogP contribution in [0.1, 0.15) is 19.3 Å². The third-order valence-electron chi connectivity index (χ3n) is 3.20. The number of nitrogens with one attached hydrogen (secondary N) is 1. The van der Waals surface area contributed by atoms with Crippen molar-refractivity contribution >= 4 is 17.8 Å². The van der Waals surface area contributed by atoms with Crippen LogP contribution in [0.2, 0.25) is 0 Å². The number of nitro benzene ring substituents is 1. The summed E-state index contributed by atoms with van der Waals surface area (Å²) in [5.41, 5.74) is 2.19. The van der Waals surface area contributed by atoms with Crippen molar-refractivity contribution in [2.45, 2.75) is 19.3 Å². The van der Waals surface area contributed by atoms with Crippen LogP contribution in [0.15, 0.2) is 41.5 Å². The molecule has 0 aliphatic heterocycles. The standard InChI is InChI=1S/C15H17N3O4/c19-15(17-16-10-12-6-2-1-3-7-12)11-22-14-9-5-4-8-13(14)18(20)21/h1-2,4-5,8-10,12H,3,6-7,11H2,(H,17,19)/b16-10-/t12-/m1/s1. The maximum absolute atomic E-state index is 11.6. The molecule has 0 spiro atoms. The molecule has 2 rings (SSSR count). The Hall–Kier alpha value is -2.70. The van der Waals surface area contributed by atoms with Crippen LogP contribution in [0, 0.1) is 16.0 Å². The van der Waals surface area contributed by atoms with Crippen molar-refractivity contribution in [3.63, 3.8) is 0 Å². The quantitative estimate of drug-likeness (QED) is 0.378. The Morgan fingerprint density at radius 1 is 1.45 bits per heavy atom. The number of hydrazone groups is 1. The fraction of sp³-hybridized carbons (Fsp3) is 0.333. The van der Waals surface area contributed by atoms with Gasteiger partial charge in [0.1, 0.15) is 0 Å². The summed E-state index contributed by atoms with van der Waals surface area (Å²) in [6.07, 6.45) is 8.90. The molecule has 1 aliphatic carbocycles. The van der Waals surface area contributed by atoms with E-state index in [1.54, 1.807) is 12.3 Å². The summed E-state index contributed by atoms with van der Waals surface area (Å²) in [4.78, 5) is 21.9. The van der Waals surface area contributed by atoms with Crippen LogP contribution in [0.25, 0.3) is 0 Å². The van der Waals surface area contributed by atoms with Gasteiger partial charge in [-0.15, -0.1) is 0 Å². The molecule has 0 saturated heterocycles. The molecule has 0 bridgehead atoms. The molecule has 1 aromatic rings. The van der Waals surface area contributed by atoms with Gasteiger partial charge in [0.05, 0.1) is 4.92 Å². The summed E-state index contributed by atoms with van der Waals surface area (Å²) in [6.45, 7) is -0.327. The van der Waals surface area contributed by atoms with E-state index >= 15 is 0 Å². The molecule has 1 amide bonds. The molecular formula is C15H17N3O4. The highest BCUT2D eigenvalue weighted by atomic mass is 16.6. The first-order valence-corrected chi connectivity index (χ1v) is 7.00. The lowest BCUT2D eigenvalue weighted by atomic mass is 9.96. The van der Waals surface area contributed by atoms with Crippen LogP contribution in [0.3, 0.4) is 0 Å². The molecule has 0 radical (unpaired) electrons. The minimum absolute atomic E-state index is 0.0593. The predicted octanol–water partition coefficient (Wildman–Crippen LogP) is 2.43. The summed E-state index contributed by atoms with van der Waals surface area (Å²) in [6, 6.07) is 5.91. The Kier molecular flexibility index (Phi) is 5.65. The molecule has 22 heavy (non-hydrogen) atoms. The molecule has 1 N–H and O–H groups in total. The zero-order chi connectivity index (χ0) is 15.8. The molecule has 7 heteroatoms. The number of allylic oxidation sites excluding steroid dienone is 2. The van der Waals surface area contributed by atoms with Crippen molar-refractivity contribution in [1.29, 1.82) is 0 Å². The third-order valence-corrected chi connectivity index (χ3v) is 3.20. The fourth-order valence-corrected chi connectivity index (χ4v) is 2.07. The average Bonchev–Trinajstić information content (AvgIpc) is 2.54. The third kappa shape index (κ3) is 4.69. The first kappa shape index (κ1) is 15.7. The Bertz CT molecular complexity index is 598. The minimum atomic E-state index is -0.554. The van der Waals surface area contributed by atoms with Crippen molar-refractivity contribution < 1.29 is 14.5 Å². The smallest absolute Gasteiger partial charge is 0.310 e. The first-order valence-electron chi connectivity index (χ1n) is 7.00. The number of amides is 1. The normalized spacial score (nSPS) is 17.4. The molecule has 0 fully saturated rings. The summed E-state index contributed by atoms with van der Waals surface area (Å²) < 4.78 is 5.16. The number of carbonyl (C=O) groups excluding carboxylic acids is 1. The second kappa shape index (κ2) is 7.92. The number of nitrogens with zero attached hydrogens (tertiary/aromatic N) is 2. The summed E-state index contributed by atoms with van der Waals surface area (Å²) in [5, 5.41) is 14.7. The van der Waals surface area contributed by atoms with E-state index in [9.17, 15) is 14.9 Å². The van der Waals surface area contributed by atoms with Crippen LogP contribution >= 0.6 is 0 Å². The lowest BCUT2D eigenvalue weighted by Crippen LogP contribution is -2.25. The van der Waals surface area contributed by atoms with E-state index in [0.29, 0.717) is 5.92 Å². The number of hydrogen-bond acceptors (Lipinski definition) is 5. The van der Waals surface area contributed by atoms with Crippen molar-refractivity contribution in [2.24, 2.45) is 11.0 Å². The zero-order valence-electron chi connectivity index (χ0n) is 12.0. The van der Waals surface area contributed by atoms with E-state index in [1.807, 2.05) is 0 Å². The Morgan fingerprint density at radius 3 is 3.00 bits per heavy atom. The van der Waals surface area contributed by atoms with Gasteiger partial charge in [-0.2, -0.15) is 5.10 Å². The highest BCUT2D eigenvalue weighted by Gasteiger charge is 2.14. The molecule has 0 aromatic heterocycles. The van der Waals surface area contributed by atoms with Crippen LogP contribution in [0.5, 0.6) is 5.75 Å². The van der Waals surface area contributed by atoms with Gasteiger partial charge in [-0.3, -0.25) is 14.9 Å². The van der Waals surface area contributed by atoms with Gasteiger partial charge < -0.3 is 4.74 Å². The molecule has 1 atom stereocenters. The highest BCUT2D eigenvalue weighted by molar-refractivity contribution is 5.78. The number of benzene rings is 1. The molecule has 1 aliphatic rings. The van der Waals surface area contributed by atoms with Gasteiger partial charge in [-0.05, 0) is 31.2 Å². The summed E-state index contributed by atoms with van der Waals surface area (Å²) in [7, 11) is 0. The second-order valence-electron chi connectivity index (χ2n) is 4.87. The van der Waals surface area contributed by atoms with Crippen molar-refractivity contribution in [2.75, 3.05) is 6.61 Å². The molecule has 116 valence electrons. The Labute approximate surface area is 127 Å². The molecule has 0 saturated carbocycles. The van der Waals surface area contributed by atoms with Gasteiger partial charge in [-0.1, -0.05) is 24.3 Å². The van der Waals surface area contributed by atoms with E-state index < -0.39 is 10.8 Å². The zero-order valence-corrected chi connectivity index (χ0v) is 12.0. The SMILES string of the molecule is O=C(COc1ccccc1[N+](=O)[O-])N/N=C\[C@@H]1CC=CCC1. The number of hydrogen-bond donors (Lipinski definition) is 1. The van der Waals surface area contributed by atoms with Crippen molar-refractivity contribution in [3.8, 4) is 5.75 Å². The van der Waals surface area contributed by atoms with Crippen molar-refractivity contribution in [1.82, 2.24) is 5.43 Å². The largest absolute Gasteiger partial charge is 0.477 e. The lowest BCUT2D eigenvalue weighted by molar-refractivity contribution is -0.385. The second-order valence-corrected chi connectivity index (χ2v) is 4.87. The number of para-hydroxylation sites is 2. The maximum Gasteiger partial charge on any atom is 0.310 e. The van der Waals surface area contributed by atoms with Gasteiger partial charge in [-0.25, -0.2) is 5.43 Å². The number of ether oxygens (including phenoxy) is 1. The van der Waals surface area contributed by atoms with Crippen LogP contribution in [-0.4, -0.2) is 23.7 Å². The van der Waals surface area contributed by atoms with E-state index in [4.69, 9.17) is 4.74 Å². The predicted molar refractivity (Wildman–Crippen MR) is 81.7 cm³/mol. The van der Waals surface area contributed by atoms with Crippen LogP contribution in [0.4, 0.5) is 5.69 Å². The van der Waals surface area contributed by atoms with Gasteiger partial charge in [0.15, 0.2) is 12.4 Å². The Balaban J connectivity index is 1.79. The molecule has 0 heterocycles.